The Morgan fingerprint density at radius 2 is 1.47 bits per heavy atom. The van der Waals surface area contributed by atoms with Crippen LogP contribution in [0.1, 0.15) is 48.9 Å². The second kappa shape index (κ2) is 14.1. The summed E-state index contributed by atoms with van der Waals surface area (Å²) in [6.07, 6.45) is 3.04. The number of hydrogen-bond donors (Lipinski definition) is 1. The van der Waals surface area contributed by atoms with Crippen LogP contribution in [0.15, 0.2) is 72.8 Å². The molecule has 3 aromatic carbocycles. The topological polar surface area (TPSA) is 49.4 Å². The average Bonchev–Trinajstić information content (AvgIpc) is 2.90. The number of nitrogens with zero attached hydrogens (tertiary/aromatic N) is 1. The molecule has 2 amide bonds. The summed E-state index contributed by atoms with van der Waals surface area (Å²) in [5.41, 5.74) is 3.97. The smallest absolute Gasteiger partial charge is 0.243 e. The number of amides is 2. The summed E-state index contributed by atoms with van der Waals surface area (Å²) in [6, 6.07) is 22.7. The molecule has 0 bridgehead atoms. The molecule has 6 heteroatoms. The van der Waals surface area contributed by atoms with Crippen molar-refractivity contribution in [2.75, 3.05) is 6.54 Å². The van der Waals surface area contributed by atoms with Gasteiger partial charge in [-0.3, -0.25) is 9.59 Å². The van der Waals surface area contributed by atoms with Crippen LogP contribution in [-0.4, -0.2) is 29.3 Å². The highest BCUT2D eigenvalue weighted by Gasteiger charge is 2.31. The minimum Gasteiger partial charge on any atom is -0.354 e. The molecule has 0 heterocycles. The Balaban J connectivity index is 1.92. The van der Waals surface area contributed by atoms with Gasteiger partial charge < -0.3 is 10.2 Å². The van der Waals surface area contributed by atoms with Crippen molar-refractivity contribution in [1.82, 2.24) is 10.2 Å². The fraction of sp³-hybridized carbons (Fsp3) is 0.333. The average molecular weight is 526 g/mol. The molecule has 0 saturated heterocycles. The van der Waals surface area contributed by atoms with Gasteiger partial charge >= 0.3 is 0 Å². The van der Waals surface area contributed by atoms with Gasteiger partial charge in [0.25, 0.3) is 0 Å². The van der Waals surface area contributed by atoms with Crippen LogP contribution in [-0.2, 0) is 35.4 Å². The van der Waals surface area contributed by atoms with Crippen molar-refractivity contribution in [3.05, 3.63) is 105 Å². The van der Waals surface area contributed by atoms with Gasteiger partial charge in [0.1, 0.15) is 6.04 Å². The van der Waals surface area contributed by atoms with Gasteiger partial charge in [-0.15, -0.1) is 0 Å². The highest BCUT2D eigenvalue weighted by molar-refractivity contribution is 6.36. The Kier molecular flexibility index (Phi) is 10.8. The Hall–Kier alpha value is -2.82. The van der Waals surface area contributed by atoms with Gasteiger partial charge in [0.05, 0.1) is 0 Å². The summed E-state index contributed by atoms with van der Waals surface area (Å²) >= 11 is 13.0. The van der Waals surface area contributed by atoms with E-state index in [2.05, 4.69) is 36.5 Å². The number of halogens is 2. The van der Waals surface area contributed by atoms with E-state index in [1.54, 1.807) is 23.1 Å². The zero-order chi connectivity index (χ0) is 25.9. The van der Waals surface area contributed by atoms with E-state index in [0.717, 1.165) is 24.0 Å². The first-order valence-corrected chi connectivity index (χ1v) is 13.3. The fourth-order valence-electron chi connectivity index (χ4n) is 4.11. The predicted molar refractivity (Wildman–Crippen MR) is 148 cm³/mol. The van der Waals surface area contributed by atoms with Crippen molar-refractivity contribution in [3.63, 3.8) is 0 Å². The van der Waals surface area contributed by atoms with Gasteiger partial charge in [-0.25, -0.2) is 0 Å². The maximum atomic E-state index is 13.7. The van der Waals surface area contributed by atoms with E-state index in [0.29, 0.717) is 35.0 Å². The molecule has 3 aromatic rings. The molecular formula is C30H34Cl2N2O2. The van der Waals surface area contributed by atoms with E-state index in [1.807, 2.05) is 37.3 Å². The molecule has 0 unspecified atom stereocenters. The third kappa shape index (κ3) is 7.84. The molecule has 1 atom stereocenters. The summed E-state index contributed by atoms with van der Waals surface area (Å²) in [5, 5.41) is 3.94. The van der Waals surface area contributed by atoms with E-state index in [4.69, 9.17) is 23.2 Å². The molecule has 0 aliphatic heterocycles. The summed E-state index contributed by atoms with van der Waals surface area (Å²) in [5.74, 6) is -0.289. The van der Waals surface area contributed by atoms with Crippen LogP contribution in [0.2, 0.25) is 10.0 Å². The van der Waals surface area contributed by atoms with Gasteiger partial charge in [-0.05, 0) is 48.1 Å². The van der Waals surface area contributed by atoms with Crippen LogP contribution in [0, 0.1) is 0 Å². The summed E-state index contributed by atoms with van der Waals surface area (Å²) < 4.78 is 0. The van der Waals surface area contributed by atoms with E-state index < -0.39 is 6.04 Å². The van der Waals surface area contributed by atoms with Crippen LogP contribution >= 0.6 is 23.2 Å². The number of benzene rings is 3. The zero-order valence-corrected chi connectivity index (χ0v) is 22.5. The lowest BCUT2D eigenvalue weighted by atomic mass is 10.0. The quantitative estimate of drug-likeness (QED) is 0.288. The standard InChI is InChI=1S/C30H34Cl2N2O2/c1-3-19-33-30(36)28(20-24-9-6-5-7-10-24)34(21-25-26(31)11-8-12-27(25)32)29(35)18-17-23-15-13-22(4-2)14-16-23/h5-16,28H,3-4,17-21H2,1-2H3,(H,33,36)/t28-/m0/s1. The minimum absolute atomic E-state index is 0.113. The molecule has 190 valence electrons. The lowest BCUT2D eigenvalue weighted by Gasteiger charge is -2.32. The van der Waals surface area contributed by atoms with Crippen molar-refractivity contribution < 1.29 is 9.59 Å². The molecular weight excluding hydrogens is 491 g/mol. The zero-order valence-electron chi connectivity index (χ0n) is 21.0. The molecule has 0 saturated carbocycles. The van der Waals surface area contributed by atoms with Crippen molar-refractivity contribution in [3.8, 4) is 0 Å². The number of carbonyl (C=O) groups is 2. The van der Waals surface area contributed by atoms with Crippen LogP contribution in [0.3, 0.4) is 0 Å². The summed E-state index contributed by atoms with van der Waals surface area (Å²) in [6.45, 7) is 4.82. The lowest BCUT2D eigenvalue weighted by Crippen LogP contribution is -2.50. The van der Waals surface area contributed by atoms with Gasteiger partial charge in [0.2, 0.25) is 11.8 Å². The normalized spacial score (nSPS) is 11.7. The molecule has 0 radical (unpaired) electrons. The second-order valence-electron chi connectivity index (χ2n) is 8.89. The molecule has 0 spiro atoms. The van der Waals surface area contributed by atoms with Crippen LogP contribution < -0.4 is 5.32 Å². The Bertz CT molecular complexity index is 1110. The lowest BCUT2D eigenvalue weighted by molar-refractivity contribution is -0.141. The largest absolute Gasteiger partial charge is 0.354 e. The summed E-state index contributed by atoms with van der Waals surface area (Å²) in [4.78, 5) is 28.8. The molecule has 0 aromatic heterocycles. The highest BCUT2D eigenvalue weighted by atomic mass is 35.5. The fourth-order valence-corrected chi connectivity index (χ4v) is 4.63. The van der Waals surface area contributed by atoms with Crippen LogP contribution in [0.25, 0.3) is 0 Å². The van der Waals surface area contributed by atoms with Gasteiger partial charge in [-0.1, -0.05) is 97.7 Å². The molecule has 1 N–H and O–H groups in total. The van der Waals surface area contributed by atoms with Crippen LogP contribution in [0.5, 0.6) is 0 Å². The first-order valence-electron chi connectivity index (χ1n) is 12.5. The Morgan fingerprint density at radius 1 is 0.833 bits per heavy atom. The van der Waals surface area contributed by atoms with E-state index in [-0.39, 0.29) is 24.8 Å². The third-order valence-electron chi connectivity index (χ3n) is 6.27. The van der Waals surface area contributed by atoms with E-state index >= 15 is 0 Å². The molecule has 36 heavy (non-hydrogen) atoms. The number of carbonyl (C=O) groups excluding carboxylic acids is 2. The molecule has 0 aliphatic carbocycles. The molecule has 4 nitrogen and oxygen atoms in total. The number of nitrogens with one attached hydrogen (secondary N) is 1. The van der Waals surface area contributed by atoms with Crippen molar-refractivity contribution in [1.29, 1.82) is 0 Å². The monoisotopic (exact) mass is 524 g/mol. The predicted octanol–water partition coefficient (Wildman–Crippen LogP) is 6.65. The van der Waals surface area contributed by atoms with Gasteiger partial charge in [0.15, 0.2) is 0 Å². The van der Waals surface area contributed by atoms with Crippen LogP contribution in [0.4, 0.5) is 0 Å². The summed E-state index contributed by atoms with van der Waals surface area (Å²) in [7, 11) is 0. The first kappa shape index (κ1) is 27.8. The maximum absolute atomic E-state index is 13.7. The molecule has 0 aliphatic rings. The molecule has 3 rings (SSSR count). The first-order chi connectivity index (χ1) is 17.4. The Labute approximate surface area is 224 Å². The number of rotatable bonds is 12. The van der Waals surface area contributed by atoms with Gasteiger partial charge in [0, 0.05) is 41.5 Å². The van der Waals surface area contributed by atoms with Crippen molar-refractivity contribution in [2.24, 2.45) is 0 Å². The number of hydrogen-bond acceptors (Lipinski definition) is 2. The highest BCUT2D eigenvalue weighted by Crippen LogP contribution is 2.27. The van der Waals surface area contributed by atoms with Gasteiger partial charge in [-0.2, -0.15) is 0 Å². The van der Waals surface area contributed by atoms with E-state index in [1.165, 1.54) is 5.56 Å². The van der Waals surface area contributed by atoms with Crippen molar-refractivity contribution in [2.45, 2.75) is 58.5 Å². The minimum atomic E-state index is -0.693. The number of aryl methyl sites for hydroxylation is 2. The van der Waals surface area contributed by atoms with E-state index in [9.17, 15) is 9.59 Å². The second-order valence-corrected chi connectivity index (χ2v) is 9.70. The maximum Gasteiger partial charge on any atom is 0.243 e. The SMILES string of the molecule is CCCNC(=O)[C@H](Cc1ccccc1)N(Cc1c(Cl)cccc1Cl)C(=O)CCc1ccc(CC)cc1. The third-order valence-corrected chi connectivity index (χ3v) is 6.98. The van der Waals surface area contributed by atoms with Crippen molar-refractivity contribution >= 4 is 35.0 Å². The molecule has 0 fully saturated rings. The Morgan fingerprint density at radius 3 is 2.08 bits per heavy atom.